The Morgan fingerprint density at radius 1 is 1.38 bits per heavy atom. The van der Waals surface area contributed by atoms with E-state index in [4.69, 9.17) is 15.2 Å². The van der Waals surface area contributed by atoms with Gasteiger partial charge in [-0.2, -0.15) is 4.31 Å². The molecular formula is C20H27BrN4O6S. The maximum Gasteiger partial charge on any atom is 0.266 e. The molecule has 2 heterocycles. The highest BCUT2D eigenvalue weighted by Crippen LogP contribution is 2.32. The molecule has 0 saturated carbocycles. The Morgan fingerprint density at radius 2 is 2.16 bits per heavy atom. The molecule has 0 aliphatic carbocycles. The lowest BCUT2D eigenvalue weighted by Crippen LogP contribution is -2.51. The van der Waals surface area contributed by atoms with Crippen LogP contribution in [-0.2, 0) is 24.3 Å². The highest BCUT2D eigenvalue weighted by Gasteiger charge is 2.37. The van der Waals surface area contributed by atoms with Crippen molar-refractivity contribution in [3.05, 3.63) is 28.4 Å². The van der Waals surface area contributed by atoms with E-state index >= 15 is 0 Å². The summed E-state index contributed by atoms with van der Waals surface area (Å²) in [5.74, 6) is -1.28. The third-order valence-electron chi connectivity index (χ3n) is 4.99. The molecule has 0 radical (unpaired) electrons. The molecule has 4 N–H and O–H groups in total. The van der Waals surface area contributed by atoms with Crippen molar-refractivity contribution in [3.63, 3.8) is 0 Å². The molecule has 1 aromatic heterocycles. The molecule has 1 fully saturated rings. The van der Waals surface area contributed by atoms with E-state index in [1.165, 1.54) is 0 Å². The van der Waals surface area contributed by atoms with Crippen LogP contribution in [0.25, 0.3) is 10.9 Å². The minimum Gasteiger partial charge on any atom is -0.381 e. The van der Waals surface area contributed by atoms with Crippen molar-refractivity contribution in [2.75, 3.05) is 39.5 Å². The van der Waals surface area contributed by atoms with E-state index in [0.717, 1.165) is 10.7 Å². The number of fused-ring (bicyclic) bond motifs is 1. The van der Waals surface area contributed by atoms with Gasteiger partial charge in [-0.05, 0) is 31.0 Å². The number of aromatic amines is 1. The Kier molecular flexibility index (Phi) is 8.28. The number of nitrogens with zero attached hydrogens (tertiary/aromatic N) is 1. The summed E-state index contributed by atoms with van der Waals surface area (Å²) in [5, 5.41) is 3.09. The van der Waals surface area contributed by atoms with Crippen LogP contribution >= 0.6 is 15.9 Å². The number of carbonyl (C=O) groups excluding carboxylic acids is 2. The largest absolute Gasteiger partial charge is 0.381 e. The van der Waals surface area contributed by atoms with Crippen molar-refractivity contribution >= 4 is 48.7 Å². The zero-order valence-corrected chi connectivity index (χ0v) is 20.1. The minimum atomic E-state index is -4.14. The smallest absolute Gasteiger partial charge is 0.266 e. The van der Waals surface area contributed by atoms with E-state index in [1.54, 1.807) is 18.2 Å². The first-order valence-electron chi connectivity index (χ1n) is 10.3. The first-order chi connectivity index (χ1) is 15.3. The molecule has 1 saturated heterocycles. The molecule has 2 aromatic rings. The fourth-order valence-electron chi connectivity index (χ4n) is 3.46. The van der Waals surface area contributed by atoms with Gasteiger partial charge in [-0.1, -0.05) is 22.9 Å². The number of amides is 2. The van der Waals surface area contributed by atoms with Crippen LogP contribution in [0.5, 0.6) is 0 Å². The van der Waals surface area contributed by atoms with Crippen molar-refractivity contribution in [1.29, 1.82) is 0 Å². The molecule has 176 valence electrons. The normalized spacial score (nSPS) is 17.5. The average molecular weight is 531 g/mol. The number of morpholine rings is 1. The molecule has 1 aromatic carbocycles. The van der Waals surface area contributed by atoms with Gasteiger partial charge < -0.3 is 25.5 Å². The SMILES string of the molecule is CCCOCCCNC(=O)C1CN(S(=O)(=O)c2c(C(N)=O)[nH]c3ccc(Br)cc23)CCO1. The summed E-state index contributed by atoms with van der Waals surface area (Å²) in [6.45, 7) is 3.56. The van der Waals surface area contributed by atoms with Gasteiger partial charge in [0.25, 0.3) is 11.8 Å². The summed E-state index contributed by atoms with van der Waals surface area (Å²) < 4.78 is 39.7. The standard InChI is InChI=1S/C20H27BrN4O6S/c1-2-8-30-9-3-6-23-20(27)16-12-25(7-10-31-16)32(28,29)18-14-11-13(21)4-5-15(14)24-17(18)19(22)26/h4-5,11,16,24H,2-3,6-10,12H2,1H3,(H2,22,26)(H,23,27). The number of aromatic nitrogens is 1. The van der Waals surface area contributed by atoms with Crippen LogP contribution in [0, 0.1) is 0 Å². The molecule has 0 bridgehead atoms. The number of hydrogen-bond donors (Lipinski definition) is 3. The number of halogens is 1. The van der Waals surface area contributed by atoms with Gasteiger partial charge in [-0.3, -0.25) is 9.59 Å². The van der Waals surface area contributed by atoms with Crippen molar-refractivity contribution in [1.82, 2.24) is 14.6 Å². The van der Waals surface area contributed by atoms with Crippen LogP contribution in [0.3, 0.4) is 0 Å². The zero-order chi connectivity index (χ0) is 23.3. The highest BCUT2D eigenvalue weighted by atomic mass is 79.9. The molecule has 2 amide bonds. The van der Waals surface area contributed by atoms with E-state index in [0.29, 0.717) is 41.6 Å². The van der Waals surface area contributed by atoms with Crippen LogP contribution in [0.15, 0.2) is 27.6 Å². The number of sulfonamides is 1. The number of H-pyrrole nitrogens is 1. The predicted molar refractivity (Wildman–Crippen MR) is 122 cm³/mol. The molecule has 10 nitrogen and oxygen atoms in total. The number of nitrogens with two attached hydrogens (primary N) is 1. The monoisotopic (exact) mass is 530 g/mol. The van der Waals surface area contributed by atoms with Crippen LogP contribution in [-0.4, -0.2) is 75.1 Å². The Bertz CT molecular complexity index is 1090. The Labute approximate surface area is 195 Å². The first kappa shape index (κ1) is 24.6. The van der Waals surface area contributed by atoms with Crippen molar-refractivity contribution in [2.24, 2.45) is 5.73 Å². The number of carbonyl (C=O) groups is 2. The second-order valence-corrected chi connectivity index (χ2v) is 10.2. The zero-order valence-electron chi connectivity index (χ0n) is 17.7. The fourth-order valence-corrected chi connectivity index (χ4v) is 5.58. The summed E-state index contributed by atoms with van der Waals surface area (Å²) >= 11 is 3.33. The van der Waals surface area contributed by atoms with Crippen molar-refractivity contribution in [3.8, 4) is 0 Å². The summed E-state index contributed by atoms with van der Waals surface area (Å²) in [5.41, 5.74) is 5.72. The second kappa shape index (κ2) is 10.8. The second-order valence-electron chi connectivity index (χ2n) is 7.36. The summed E-state index contributed by atoms with van der Waals surface area (Å²) in [7, 11) is -4.14. The Balaban J connectivity index is 1.76. The van der Waals surface area contributed by atoms with E-state index in [1.807, 2.05) is 6.92 Å². The Hall–Kier alpha value is -1.99. The van der Waals surface area contributed by atoms with Gasteiger partial charge in [0.2, 0.25) is 10.0 Å². The van der Waals surface area contributed by atoms with Crippen LogP contribution in [0.2, 0.25) is 0 Å². The van der Waals surface area contributed by atoms with E-state index < -0.39 is 27.9 Å². The van der Waals surface area contributed by atoms with Gasteiger partial charge in [0.1, 0.15) is 16.7 Å². The van der Waals surface area contributed by atoms with Crippen molar-refractivity contribution in [2.45, 2.75) is 30.8 Å². The Morgan fingerprint density at radius 3 is 2.88 bits per heavy atom. The van der Waals surface area contributed by atoms with Crippen LogP contribution in [0.1, 0.15) is 30.3 Å². The number of nitrogens with one attached hydrogen (secondary N) is 2. The first-order valence-corrected chi connectivity index (χ1v) is 12.6. The van der Waals surface area contributed by atoms with Crippen LogP contribution in [0.4, 0.5) is 0 Å². The number of hydrogen-bond acceptors (Lipinski definition) is 6. The third-order valence-corrected chi connectivity index (χ3v) is 7.44. The third kappa shape index (κ3) is 5.49. The molecule has 32 heavy (non-hydrogen) atoms. The summed E-state index contributed by atoms with van der Waals surface area (Å²) in [6.07, 6.45) is 0.619. The lowest BCUT2D eigenvalue weighted by Gasteiger charge is -2.31. The highest BCUT2D eigenvalue weighted by molar-refractivity contribution is 9.10. The molecule has 3 rings (SSSR count). The van der Waals surface area contributed by atoms with Gasteiger partial charge in [0.15, 0.2) is 0 Å². The predicted octanol–water partition coefficient (Wildman–Crippen LogP) is 1.35. The van der Waals surface area contributed by atoms with Crippen molar-refractivity contribution < 1.29 is 27.5 Å². The fraction of sp³-hybridized carbons (Fsp3) is 0.500. The topological polar surface area (TPSA) is 144 Å². The van der Waals surface area contributed by atoms with Gasteiger partial charge in [-0.25, -0.2) is 8.42 Å². The van der Waals surface area contributed by atoms with Crippen LogP contribution < -0.4 is 11.1 Å². The van der Waals surface area contributed by atoms with Gasteiger partial charge >= 0.3 is 0 Å². The number of rotatable bonds is 10. The van der Waals surface area contributed by atoms with E-state index in [9.17, 15) is 18.0 Å². The summed E-state index contributed by atoms with van der Waals surface area (Å²) in [4.78, 5) is 27.1. The molecule has 1 aliphatic rings. The average Bonchev–Trinajstić information content (AvgIpc) is 3.16. The molecule has 12 heteroatoms. The lowest BCUT2D eigenvalue weighted by atomic mass is 10.2. The number of ether oxygens (including phenoxy) is 2. The van der Waals surface area contributed by atoms with Gasteiger partial charge in [0, 0.05) is 48.2 Å². The quantitative estimate of drug-likeness (QED) is 0.395. The molecule has 0 spiro atoms. The molecular weight excluding hydrogens is 504 g/mol. The van der Waals surface area contributed by atoms with Gasteiger partial charge in [0.05, 0.1) is 6.61 Å². The number of primary amides is 1. The minimum absolute atomic E-state index is 0.0505. The molecule has 1 unspecified atom stereocenters. The lowest BCUT2D eigenvalue weighted by molar-refractivity contribution is -0.136. The van der Waals surface area contributed by atoms with E-state index in [2.05, 4.69) is 26.2 Å². The number of benzene rings is 1. The molecule has 1 atom stereocenters. The summed E-state index contributed by atoms with van der Waals surface area (Å²) in [6, 6.07) is 4.99. The van der Waals surface area contributed by atoms with E-state index in [-0.39, 0.29) is 30.3 Å². The maximum atomic E-state index is 13.5. The van der Waals surface area contributed by atoms with Gasteiger partial charge in [-0.15, -0.1) is 0 Å². The maximum absolute atomic E-state index is 13.5. The molecule has 1 aliphatic heterocycles.